The maximum atomic E-state index is 9.07. The van der Waals surface area contributed by atoms with Gasteiger partial charge in [-0.15, -0.1) is 0 Å². The van der Waals surface area contributed by atoms with Crippen molar-refractivity contribution < 1.29 is 4.74 Å². The molecule has 5 nitrogen and oxygen atoms in total. The van der Waals surface area contributed by atoms with E-state index in [2.05, 4.69) is 32.4 Å². The van der Waals surface area contributed by atoms with E-state index in [9.17, 15) is 0 Å². The molecule has 2 aromatic rings. The molecule has 6 heteroatoms. The topological polar surface area (TPSA) is 62.9 Å². The van der Waals surface area contributed by atoms with Gasteiger partial charge in [-0.05, 0) is 18.2 Å². The lowest BCUT2D eigenvalue weighted by Crippen LogP contribution is -2.03. The lowest BCUT2D eigenvalue weighted by atomic mass is 10.2. The number of aromatic nitrogens is 2. The lowest BCUT2D eigenvalue weighted by molar-refractivity contribution is 0.183. The van der Waals surface area contributed by atoms with Gasteiger partial charge in [0.05, 0.1) is 36.3 Å². The molecule has 0 aliphatic rings. The third kappa shape index (κ3) is 3.56. The van der Waals surface area contributed by atoms with E-state index in [-0.39, 0.29) is 0 Å². The summed E-state index contributed by atoms with van der Waals surface area (Å²) in [4.78, 5) is 0. The van der Waals surface area contributed by atoms with Crippen LogP contribution in [0, 0.1) is 11.3 Å². The Bertz CT molecular complexity index is 603. The summed E-state index contributed by atoms with van der Waals surface area (Å²) >= 11 is 3.39. The van der Waals surface area contributed by atoms with Crippen LogP contribution >= 0.6 is 15.9 Å². The molecule has 0 radical (unpaired) electrons. The lowest BCUT2D eigenvalue weighted by Gasteiger charge is -2.06. The molecule has 1 N–H and O–H groups in total. The van der Waals surface area contributed by atoms with E-state index in [1.165, 1.54) is 0 Å². The number of hydrogen-bond donors (Lipinski definition) is 1. The Morgan fingerprint density at radius 3 is 3.11 bits per heavy atom. The third-order valence-corrected chi connectivity index (χ3v) is 3.03. The molecule has 0 bridgehead atoms. The van der Waals surface area contributed by atoms with Gasteiger partial charge in [-0.2, -0.15) is 10.4 Å². The number of nitrogens with one attached hydrogen (secondary N) is 1. The van der Waals surface area contributed by atoms with Crippen LogP contribution in [0.4, 0.5) is 11.4 Å². The Labute approximate surface area is 119 Å². The van der Waals surface area contributed by atoms with Crippen LogP contribution in [-0.4, -0.2) is 23.5 Å². The smallest absolute Gasteiger partial charge is 0.101 e. The van der Waals surface area contributed by atoms with Gasteiger partial charge in [-0.1, -0.05) is 15.9 Å². The molecule has 0 saturated carbocycles. The van der Waals surface area contributed by atoms with Gasteiger partial charge in [0.1, 0.15) is 6.07 Å². The minimum atomic E-state index is 0.591. The summed E-state index contributed by atoms with van der Waals surface area (Å²) in [6.45, 7) is 1.31. The summed E-state index contributed by atoms with van der Waals surface area (Å²) in [5, 5.41) is 16.5. The van der Waals surface area contributed by atoms with Crippen LogP contribution in [0.25, 0.3) is 0 Å². The molecular weight excluding hydrogens is 308 g/mol. The molecule has 0 atom stereocenters. The zero-order chi connectivity index (χ0) is 13.7. The van der Waals surface area contributed by atoms with Gasteiger partial charge in [0.2, 0.25) is 0 Å². The highest BCUT2D eigenvalue weighted by atomic mass is 79.9. The maximum absolute atomic E-state index is 9.07. The number of anilines is 2. The second kappa shape index (κ2) is 6.36. The Hall–Kier alpha value is -1.84. The van der Waals surface area contributed by atoms with E-state index in [0.29, 0.717) is 18.7 Å². The van der Waals surface area contributed by atoms with E-state index in [1.54, 1.807) is 24.1 Å². The third-order valence-electron chi connectivity index (χ3n) is 2.54. The molecule has 2 rings (SSSR count). The van der Waals surface area contributed by atoms with Gasteiger partial charge < -0.3 is 10.1 Å². The van der Waals surface area contributed by atoms with Crippen molar-refractivity contribution in [3.05, 3.63) is 40.6 Å². The van der Waals surface area contributed by atoms with Crippen LogP contribution in [0.5, 0.6) is 0 Å². The van der Waals surface area contributed by atoms with Gasteiger partial charge in [0, 0.05) is 17.8 Å². The van der Waals surface area contributed by atoms with Crippen molar-refractivity contribution >= 4 is 27.3 Å². The molecule has 0 aliphatic carbocycles. The van der Waals surface area contributed by atoms with E-state index >= 15 is 0 Å². The van der Waals surface area contributed by atoms with Crippen molar-refractivity contribution in [3.8, 4) is 6.07 Å². The first kappa shape index (κ1) is 13.6. The van der Waals surface area contributed by atoms with Crippen molar-refractivity contribution in [1.82, 2.24) is 9.78 Å². The molecule has 1 heterocycles. The molecule has 0 fully saturated rings. The minimum Gasteiger partial charge on any atom is -0.383 e. The summed E-state index contributed by atoms with van der Waals surface area (Å²) in [6, 6.07) is 7.62. The highest BCUT2D eigenvalue weighted by molar-refractivity contribution is 9.10. The van der Waals surface area contributed by atoms with Gasteiger partial charge in [0.25, 0.3) is 0 Å². The predicted octanol–water partition coefficient (Wildman–Crippen LogP) is 2.91. The van der Waals surface area contributed by atoms with Gasteiger partial charge in [-0.25, -0.2) is 0 Å². The molecule has 1 aromatic heterocycles. The molecule has 1 aromatic carbocycles. The fourth-order valence-electron chi connectivity index (χ4n) is 1.61. The zero-order valence-electron chi connectivity index (χ0n) is 10.4. The standard InChI is InChI=1S/C13H13BrN4O/c1-19-5-4-18-9-12(8-16-18)17-13-6-11(14)3-2-10(13)7-15/h2-3,6,8-9,17H,4-5H2,1H3. The van der Waals surface area contributed by atoms with E-state index in [0.717, 1.165) is 15.8 Å². The number of ether oxygens (including phenoxy) is 1. The van der Waals surface area contributed by atoms with Crippen LogP contribution in [-0.2, 0) is 11.3 Å². The zero-order valence-corrected chi connectivity index (χ0v) is 12.0. The molecular formula is C13H13BrN4O. The second-order valence-corrected chi connectivity index (χ2v) is 4.83. The monoisotopic (exact) mass is 320 g/mol. The van der Waals surface area contributed by atoms with Crippen LogP contribution in [0.3, 0.4) is 0 Å². The first-order valence-corrected chi connectivity index (χ1v) is 6.50. The Morgan fingerprint density at radius 2 is 2.37 bits per heavy atom. The maximum Gasteiger partial charge on any atom is 0.101 e. The highest BCUT2D eigenvalue weighted by Gasteiger charge is 2.05. The summed E-state index contributed by atoms with van der Waals surface area (Å²) in [6.07, 6.45) is 3.60. The van der Waals surface area contributed by atoms with Crippen LogP contribution < -0.4 is 5.32 Å². The van der Waals surface area contributed by atoms with E-state index in [1.807, 2.05) is 18.3 Å². The van der Waals surface area contributed by atoms with Crippen LogP contribution in [0.2, 0.25) is 0 Å². The summed E-state index contributed by atoms with van der Waals surface area (Å²) in [5.74, 6) is 0. The fraction of sp³-hybridized carbons (Fsp3) is 0.231. The molecule has 0 spiro atoms. The second-order valence-electron chi connectivity index (χ2n) is 3.91. The SMILES string of the molecule is COCCn1cc(Nc2cc(Br)ccc2C#N)cn1. The molecule has 0 unspecified atom stereocenters. The van der Waals surface area contributed by atoms with Crippen LogP contribution in [0.1, 0.15) is 5.56 Å². The Kier molecular flexibility index (Phi) is 4.55. The van der Waals surface area contributed by atoms with E-state index in [4.69, 9.17) is 10.00 Å². The number of hydrogen-bond acceptors (Lipinski definition) is 4. The van der Waals surface area contributed by atoms with Crippen LogP contribution in [0.15, 0.2) is 35.1 Å². The number of halogens is 1. The molecule has 0 saturated heterocycles. The van der Waals surface area contributed by atoms with E-state index < -0.39 is 0 Å². The first-order chi connectivity index (χ1) is 9.22. The average Bonchev–Trinajstić information content (AvgIpc) is 2.84. The quantitative estimate of drug-likeness (QED) is 0.920. The number of nitrogens with zero attached hydrogens (tertiary/aromatic N) is 3. The van der Waals surface area contributed by atoms with Crippen molar-refractivity contribution in [3.63, 3.8) is 0 Å². The molecule has 19 heavy (non-hydrogen) atoms. The highest BCUT2D eigenvalue weighted by Crippen LogP contribution is 2.24. The predicted molar refractivity (Wildman–Crippen MR) is 76.2 cm³/mol. The van der Waals surface area contributed by atoms with Crippen molar-refractivity contribution in [2.75, 3.05) is 19.0 Å². The van der Waals surface area contributed by atoms with Crippen molar-refractivity contribution in [2.24, 2.45) is 0 Å². The minimum absolute atomic E-state index is 0.591. The Balaban J connectivity index is 2.15. The van der Waals surface area contributed by atoms with Crippen molar-refractivity contribution in [2.45, 2.75) is 6.54 Å². The number of nitriles is 1. The number of benzene rings is 1. The summed E-state index contributed by atoms with van der Waals surface area (Å²) in [5.41, 5.74) is 2.18. The summed E-state index contributed by atoms with van der Waals surface area (Å²) < 4.78 is 7.70. The summed E-state index contributed by atoms with van der Waals surface area (Å²) in [7, 11) is 1.66. The largest absolute Gasteiger partial charge is 0.383 e. The van der Waals surface area contributed by atoms with Gasteiger partial charge in [0.15, 0.2) is 0 Å². The average molecular weight is 321 g/mol. The van der Waals surface area contributed by atoms with Gasteiger partial charge in [-0.3, -0.25) is 4.68 Å². The normalized spacial score (nSPS) is 10.2. The number of methoxy groups -OCH3 is 1. The fourth-order valence-corrected chi connectivity index (χ4v) is 1.97. The molecule has 0 aliphatic heterocycles. The molecule has 0 amide bonds. The molecule has 98 valence electrons. The number of rotatable bonds is 5. The first-order valence-electron chi connectivity index (χ1n) is 5.71. The van der Waals surface area contributed by atoms with Crippen molar-refractivity contribution in [1.29, 1.82) is 5.26 Å². The van der Waals surface area contributed by atoms with Gasteiger partial charge >= 0.3 is 0 Å². The Morgan fingerprint density at radius 1 is 1.53 bits per heavy atom.